The number of fused-ring (bicyclic) bond motifs is 6. The van der Waals surface area contributed by atoms with Crippen LogP contribution in [-0.2, 0) is 5.41 Å². The summed E-state index contributed by atoms with van der Waals surface area (Å²) in [5.41, 5.74) is 15.0. The molecule has 0 bridgehead atoms. The van der Waals surface area contributed by atoms with E-state index in [0.717, 1.165) is 44.6 Å². The first kappa shape index (κ1) is 27.5. The SMILES string of the molecule is CC1(C)c2ccccc2-c2c(-c3ccccc3N(c3ccccc3-c3ccccc3)c3cccc4c3oc3ccccc34)cccc21. The molecule has 9 rings (SSSR count). The van der Waals surface area contributed by atoms with Crippen LogP contribution in [0.3, 0.4) is 0 Å². The van der Waals surface area contributed by atoms with Gasteiger partial charge in [0.05, 0.1) is 17.1 Å². The zero-order valence-corrected chi connectivity index (χ0v) is 26.4. The molecule has 2 heteroatoms. The molecule has 7 aromatic carbocycles. The lowest BCUT2D eigenvalue weighted by atomic mass is 9.82. The fraction of sp³-hybridized carbons (Fsp3) is 0.0667. The van der Waals surface area contributed by atoms with Gasteiger partial charge in [0.2, 0.25) is 0 Å². The second-order valence-corrected chi connectivity index (χ2v) is 12.9. The molecule has 1 aliphatic rings. The first-order valence-electron chi connectivity index (χ1n) is 16.3. The number of rotatable bonds is 5. The van der Waals surface area contributed by atoms with Crippen molar-refractivity contribution in [2.24, 2.45) is 0 Å². The van der Waals surface area contributed by atoms with Gasteiger partial charge in [-0.05, 0) is 57.6 Å². The fourth-order valence-corrected chi connectivity index (χ4v) is 7.70. The Kier molecular flexibility index (Phi) is 6.20. The molecule has 0 amide bonds. The van der Waals surface area contributed by atoms with Crippen LogP contribution in [0.15, 0.2) is 168 Å². The highest BCUT2D eigenvalue weighted by molar-refractivity contribution is 6.11. The van der Waals surface area contributed by atoms with Crippen LogP contribution in [0, 0.1) is 0 Å². The van der Waals surface area contributed by atoms with E-state index in [4.69, 9.17) is 4.42 Å². The van der Waals surface area contributed by atoms with Gasteiger partial charge in [-0.3, -0.25) is 0 Å². The highest BCUT2D eigenvalue weighted by Crippen LogP contribution is 2.54. The summed E-state index contributed by atoms with van der Waals surface area (Å²) >= 11 is 0. The number of benzene rings is 7. The summed E-state index contributed by atoms with van der Waals surface area (Å²) in [5.74, 6) is 0. The van der Waals surface area contributed by atoms with Crippen molar-refractivity contribution in [1.29, 1.82) is 0 Å². The van der Waals surface area contributed by atoms with E-state index < -0.39 is 0 Å². The zero-order chi connectivity index (χ0) is 31.5. The number of hydrogen-bond donors (Lipinski definition) is 0. The molecule has 1 aromatic heterocycles. The average molecular weight is 604 g/mol. The summed E-state index contributed by atoms with van der Waals surface area (Å²) in [6, 6.07) is 58.8. The minimum absolute atomic E-state index is 0.0870. The Labute approximate surface area is 275 Å². The number of anilines is 3. The van der Waals surface area contributed by atoms with Gasteiger partial charge in [0.25, 0.3) is 0 Å². The van der Waals surface area contributed by atoms with Gasteiger partial charge < -0.3 is 9.32 Å². The Morgan fingerprint density at radius 3 is 1.81 bits per heavy atom. The first-order valence-corrected chi connectivity index (χ1v) is 16.3. The lowest BCUT2D eigenvalue weighted by Crippen LogP contribution is -2.15. The number of nitrogens with zero attached hydrogens (tertiary/aromatic N) is 1. The quantitative estimate of drug-likeness (QED) is 0.195. The Morgan fingerprint density at radius 2 is 0.979 bits per heavy atom. The molecule has 0 aliphatic heterocycles. The van der Waals surface area contributed by atoms with Crippen LogP contribution in [0.25, 0.3) is 55.3 Å². The number of para-hydroxylation sites is 4. The Morgan fingerprint density at radius 1 is 0.426 bits per heavy atom. The molecule has 0 fully saturated rings. The van der Waals surface area contributed by atoms with Crippen molar-refractivity contribution in [3.05, 3.63) is 175 Å². The third-order valence-electron chi connectivity index (χ3n) is 9.90. The molecule has 0 N–H and O–H groups in total. The standard InChI is InChI=1S/C45H33NO/c1-45(2)37-24-10-6-21-36(37)43-34(22-14-25-38(43)45)32-19-8-12-27-40(32)46(39-26-11-7-18-31(39)30-16-4-3-5-17-30)41-28-15-23-35-33-20-9-13-29-42(33)47-44(35)41/h3-29H,1-2H3. The number of furan rings is 1. The molecule has 224 valence electrons. The molecule has 8 aromatic rings. The van der Waals surface area contributed by atoms with Gasteiger partial charge >= 0.3 is 0 Å². The van der Waals surface area contributed by atoms with E-state index in [1.165, 1.54) is 38.9 Å². The smallest absolute Gasteiger partial charge is 0.159 e. The van der Waals surface area contributed by atoms with Crippen molar-refractivity contribution in [2.75, 3.05) is 4.90 Å². The van der Waals surface area contributed by atoms with Gasteiger partial charge in [0, 0.05) is 27.3 Å². The van der Waals surface area contributed by atoms with Gasteiger partial charge in [-0.1, -0.05) is 153 Å². The first-order chi connectivity index (χ1) is 23.1. The predicted molar refractivity (Wildman–Crippen MR) is 197 cm³/mol. The molecular weight excluding hydrogens is 571 g/mol. The minimum atomic E-state index is -0.0870. The minimum Gasteiger partial charge on any atom is -0.454 e. The summed E-state index contributed by atoms with van der Waals surface area (Å²) in [6.45, 7) is 4.69. The predicted octanol–water partition coefficient (Wildman–Crippen LogP) is 12.7. The van der Waals surface area contributed by atoms with E-state index >= 15 is 0 Å². The molecule has 2 nitrogen and oxygen atoms in total. The molecule has 0 unspecified atom stereocenters. The topological polar surface area (TPSA) is 16.4 Å². The molecule has 0 atom stereocenters. The maximum Gasteiger partial charge on any atom is 0.159 e. The molecule has 0 spiro atoms. The molecule has 47 heavy (non-hydrogen) atoms. The second-order valence-electron chi connectivity index (χ2n) is 12.9. The third-order valence-corrected chi connectivity index (χ3v) is 9.90. The summed E-state index contributed by atoms with van der Waals surface area (Å²) in [6.07, 6.45) is 0. The maximum absolute atomic E-state index is 6.70. The summed E-state index contributed by atoms with van der Waals surface area (Å²) in [5, 5.41) is 2.22. The van der Waals surface area contributed by atoms with Crippen molar-refractivity contribution in [1.82, 2.24) is 0 Å². The van der Waals surface area contributed by atoms with Gasteiger partial charge in [-0.25, -0.2) is 0 Å². The average Bonchev–Trinajstić information content (AvgIpc) is 3.62. The van der Waals surface area contributed by atoms with Gasteiger partial charge in [-0.15, -0.1) is 0 Å². The monoisotopic (exact) mass is 603 g/mol. The van der Waals surface area contributed by atoms with E-state index in [9.17, 15) is 0 Å². The number of hydrogen-bond acceptors (Lipinski definition) is 2. The normalized spacial score (nSPS) is 13.1. The van der Waals surface area contributed by atoms with E-state index in [0.29, 0.717) is 0 Å². The van der Waals surface area contributed by atoms with Crippen molar-refractivity contribution in [3.8, 4) is 33.4 Å². The Balaban J connectivity index is 1.37. The highest BCUT2D eigenvalue weighted by Gasteiger charge is 2.37. The largest absolute Gasteiger partial charge is 0.454 e. The lowest BCUT2D eigenvalue weighted by Gasteiger charge is -2.30. The van der Waals surface area contributed by atoms with Crippen LogP contribution in [0.4, 0.5) is 17.1 Å². The molecule has 0 radical (unpaired) electrons. The van der Waals surface area contributed by atoms with Crippen molar-refractivity contribution < 1.29 is 4.42 Å². The lowest BCUT2D eigenvalue weighted by molar-refractivity contribution is 0.660. The third kappa shape index (κ3) is 4.18. The molecule has 1 heterocycles. The molecule has 1 aliphatic carbocycles. The zero-order valence-electron chi connectivity index (χ0n) is 26.4. The van der Waals surface area contributed by atoms with Crippen LogP contribution < -0.4 is 4.90 Å². The summed E-state index contributed by atoms with van der Waals surface area (Å²) < 4.78 is 6.70. The van der Waals surface area contributed by atoms with Crippen molar-refractivity contribution in [3.63, 3.8) is 0 Å². The summed E-state index contributed by atoms with van der Waals surface area (Å²) in [7, 11) is 0. The van der Waals surface area contributed by atoms with Gasteiger partial charge in [-0.2, -0.15) is 0 Å². The van der Waals surface area contributed by atoms with E-state index in [-0.39, 0.29) is 5.41 Å². The highest BCUT2D eigenvalue weighted by atomic mass is 16.3. The fourth-order valence-electron chi connectivity index (χ4n) is 7.70. The van der Waals surface area contributed by atoms with Crippen LogP contribution in [-0.4, -0.2) is 0 Å². The van der Waals surface area contributed by atoms with Crippen molar-refractivity contribution in [2.45, 2.75) is 19.3 Å². The summed E-state index contributed by atoms with van der Waals surface area (Å²) in [4.78, 5) is 2.41. The van der Waals surface area contributed by atoms with Crippen LogP contribution in [0.5, 0.6) is 0 Å². The van der Waals surface area contributed by atoms with Crippen LogP contribution in [0.2, 0.25) is 0 Å². The van der Waals surface area contributed by atoms with E-state index in [1.807, 2.05) is 6.07 Å². The Hall–Kier alpha value is -5.86. The van der Waals surface area contributed by atoms with Gasteiger partial charge in [0.15, 0.2) is 5.58 Å². The van der Waals surface area contributed by atoms with Crippen LogP contribution >= 0.6 is 0 Å². The maximum atomic E-state index is 6.70. The Bertz CT molecular complexity index is 2450. The second kappa shape index (κ2) is 10.6. The van der Waals surface area contributed by atoms with Crippen LogP contribution in [0.1, 0.15) is 25.0 Å². The molecular formula is C45H33NO. The molecule has 0 saturated heterocycles. The van der Waals surface area contributed by atoms with E-state index in [1.54, 1.807) is 0 Å². The van der Waals surface area contributed by atoms with E-state index in [2.05, 4.69) is 176 Å². The van der Waals surface area contributed by atoms with Gasteiger partial charge in [0.1, 0.15) is 5.58 Å². The molecule has 0 saturated carbocycles. The van der Waals surface area contributed by atoms with Crippen molar-refractivity contribution >= 4 is 39.0 Å².